The van der Waals surface area contributed by atoms with E-state index in [9.17, 15) is 0 Å². The first-order valence-electron chi connectivity index (χ1n) is 6.83. The lowest BCUT2D eigenvalue weighted by Gasteiger charge is -2.42. The second-order valence-corrected chi connectivity index (χ2v) is 6.24. The van der Waals surface area contributed by atoms with Crippen molar-refractivity contribution in [2.24, 2.45) is 5.73 Å². The Balaban J connectivity index is 1.89. The molecule has 0 spiro atoms. The van der Waals surface area contributed by atoms with Crippen LogP contribution in [0.25, 0.3) is 0 Å². The van der Waals surface area contributed by atoms with Gasteiger partial charge in [0.2, 0.25) is 0 Å². The van der Waals surface area contributed by atoms with Crippen LogP contribution in [0.1, 0.15) is 31.9 Å². The Hall–Kier alpha value is -0.610. The van der Waals surface area contributed by atoms with Crippen molar-refractivity contribution in [1.29, 1.82) is 0 Å². The molecule has 0 radical (unpaired) electrons. The minimum atomic E-state index is 0.0657. The third-order valence-electron chi connectivity index (χ3n) is 3.83. The summed E-state index contributed by atoms with van der Waals surface area (Å²) in [5, 5.41) is 0.755. The molecule has 1 fully saturated rings. The number of nitrogens with zero attached hydrogens (tertiary/aromatic N) is 1. The molecule has 0 aliphatic carbocycles. The van der Waals surface area contributed by atoms with Crippen LogP contribution < -0.4 is 5.73 Å². The molecule has 1 aromatic rings. The molecule has 0 saturated carbocycles. The summed E-state index contributed by atoms with van der Waals surface area (Å²) in [7, 11) is 0. The van der Waals surface area contributed by atoms with Gasteiger partial charge in [0.25, 0.3) is 0 Å². The van der Waals surface area contributed by atoms with E-state index < -0.39 is 0 Å². The summed E-state index contributed by atoms with van der Waals surface area (Å²) in [4.78, 5) is 2.46. The van der Waals surface area contributed by atoms with Crippen LogP contribution in [-0.4, -0.2) is 36.7 Å². The first-order valence-corrected chi connectivity index (χ1v) is 7.21. The highest BCUT2D eigenvalue weighted by Gasteiger charge is 2.30. The van der Waals surface area contributed by atoms with Gasteiger partial charge in [-0.2, -0.15) is 0 Å². The van der Waals surface area contributed by atoms with Crippen LogP contribution in [0.15, 0.2) is 24.3 Å². The highest BCUT2D eigenvalue weighted by atomic mass is 35.5. The Labute approximate surface area is 120 Å². The van der Waals surface area contributed by atoms with Crippen molar-refractivity contribution in [3.05, 3.63) is 34.9 Å². The average molecular weight is 283 g/mol. The summed E-state index contributed by atoms with van der Waals surface area (Å²) in [5.41, 5.74) is 7.51. The van der Waals surface area contributed by atoms with E-state index in [0.29, 0.717) is 0 Å². The van der Waals surface area contributed by atoms with Crippen molar-refractivity contribution >= 4 is 11.6 Å². The van der Waals surface area contributed by atoms with E-state index in [1.807, 2.05) is 24.3 Å². The van der Waals surface area contributed by atoms with Gasteiger partial charge in [0, 0.05) is 29.7 Å². The molecular formula is C15H23ClN2O. The molecule has 1 saturated heterocycles. The van der Waals surface area contributed by atoms with E-state index in [1.54, 1.807) is 0 Å². The lowest BCUT2D eigenvalue weighted by molar-refractivity contribution is -0.0517. The fourth-order valence-electron chi connectivity index (χ4n) is 2.48. The van der Waals surface area contributed by atoms with E-state index in [2.05, 4.69) is 18.7 Å². The van der Waals surface area contributed by atoms with Gasteiger partial charge in [0.05, 0.1) is 13.2 Å². The Morgan fingerprint density at radius 1 is 1.37 bits per heavy atom. The zero-order valence-corrected chi connectivity index (χ0v) is 12.5. The van der Waals surface area contributed by atoms with Crippen molar-refractivity contribution in [3.8, 4) is 0 Å². The second-order valence-electron chi connectivity index (χ2n) is 5.80. The van der Waals surface area contributed by atoms with Crippen molar-refractivity contribution in [1.82, 2.24) is 4.90 Å². The SMILES string of the molecule is CC1(C)COCCN1CCC(N)c1ccc(Cl)cc1. The number of halogens is 1. The van der Waals surface area contributed by atoms with Gasteiger partial charge in [-0.1, -0.05) is 23.7 Å². The summed E-state index contributed by atoms with van der Waals surface area (Å²) in [6.45, 7) is 8.04. The summed E-state index contributed by atoms with van der Waals surface area (Å²) in [6, 6.07) is 7.88. The third-order valence-corrected chi connectivity index (χ3v) is 4.08. The van der Waals surface area contributed by atoms with Crippen LogP contribution in [0.4, 0.5) is 0 Å². The quantitative estimate of drug-likeness (QED) is 0.923. The van der Waals surface area contributed by atoms with E-state index in [-0.39, 0.29) is 11.6 Å². The molecule has 1 aromatic carbocycles. The lowest BCUT2D eigenvalue weighted by atomic mass is 9.99. The molecule has 0 amide bonds. The van der Waals surface area contributed by atoms with Crippen LogP contribution in [0, 0.1) is 0 Å². The third kappa shape index (κ3) is 3.93. The van der Waals surface area contributed by atoms with Gasteiger partial charge in [-0.3, -0.25) is 4.90 Å². The fraction of sp³-hybridized carbons (Fsp3) is 0.600. The number of rotatable bonds is 4. The maximum atomic E-state index is 6.25. The molecule has 1 unspecified atom stereocenters. The molecule has 2 rings (SSSR count). The molecule has 2 N–H and O–H groups in total. The Bertz CT molecular complexity index is 405. The molecule has 1 aliphatic heterocycles. The summed E-state index contributed by atoms with van der Waals surface area (Å²) in [5.74, 6) is 0. The molecule has 4 heteroatoms. The van der Waals surface area contributed by atoms with Gasteiger partial charge in [-0.25, -0.2) is 0 Å². The lowest BCUT2D eigenvalue weighted by Crippen LogP contribution is -2.53. The maximum Gasteiger partial charge on any atom is 0.0645 e. The van der Waals surface area contributed by atoms with E-state index in [4.69, 9.17) is 22.1 Å². The van der Waals surface area contributed by atoms with Crippen LogP contribution in [0.5, 0.6) is 0 Å². The van der Waals surface area contributed by atoms with Crippen LogP contribution in [0.2, 0.25) is 5.02 Å². The van der Waals surface area contributed by atoms with Crippen LogP contribution in [0.3, 0.4) is 0 Å². The average Bonchev–Trinajstić information content (AvgIpc) is 2.37. The molecule has 19 heavy (non-hydrogen) atoms. The number of morpholine rings is 1. The Morgan fingerprint density at radius 3 is 2.68 bits per heavy atom. The van der Waals surface area contributed by atoms with Crippen molar-refractivity contribution in [3.63, 3.8) is 0 Å². The van der Waals surface area contributed by atoms with Gasteiger partial charge < -0.3 is 10.5 Å². The number of nitrogens with two attached hydrogens (primary N) is 1. The number of benzene rings is 1. The van der Waals surface area contributed by atoms with Crippen molar-refractivity contribution in [2.45, 2.75) is 31.8 Å². The summed E-state index contributed by atoms with van der Waals surface area (Å²) < 4.78 is 5.53. The van der Waals surface area contributed by atoms with Crippen LogP contribution in [-0.2, 0) is 4.74 Å². The first kappa shape index (κ1) is 14.8. The van der Waals surface area contributed by atoms with Gasteiger partial charge in [0.1, 0.15) is 0 Å². The molecule has 3 nitrogen and oxygen atoms in total. The van der Waals surface area contributed by atoms with Gasteiger partial charge >= 0.3 is 0 Å². The smallest absolute Gasteiger partial charge is 0.0645 e. The van der Waals surface area contributed by atoms with Crippen LogP contribution >= 0.6 is 11.6 Å². The zero-order valence-electron chi connectivity index (χ0n) is 11.7. The standard InChI is InChI=1S/C15H23ClN2O/c1-15(2)11-19-10-9-18(15)8-7-14(17)12-3-5-13(16)6-4-12/h3-6,14H,7-11,17H2,1-2H3. The van der Waals surface area contributed by atoms with E-state index >= 15 is 0 Å². The van der Waals surface area contributed by atoms with Crippen molar-refractivity contribution in [2.75, 3.05) is 26.3 Å². The number of hydrogen-bond acceptors (Lipinski definition) is 3. The van der Waals surface area contributed by atoms with Crippen molar-refractivity contribution < 1.29 is 4.74 Å². The fourth-order valence-corrected chi connectivity index (χ4v) is 2.60. The molecule has 1 aliphatic rings. The summed E-state index contributed by atoms with van der Waals surface area (Å²) in [6.07, 6.45) is 0.949. The van der Waals surface area contributed by atoms with E-state index in [1.165, 1.54) is 0 Å². The highest BCUT2D eigenvalue weighted by molar-refractivity contribution is 6.30. The topological polar surface area (TPSA) is 38.5 Å². The normalized spacial score (nSPS) is 21.3. The monoisotopic (exact) mass is 282 g/mol. The van der Waals surface area contributed by atoms with E-state index in [0.717, 1.165) is 43.3 Å². The predicted octanol–water partition coefficient (Wildman–Crippen LogP) is 2.84. The van der Waals surface area contributed by atoms with Gasteiger partial charge in [-0.15, -0.1) is 0 Å². The highest BCUT2D eigenvalue weighted by Crippen LogP contribution is 2.22. The minimum absolute atomic E-state index is 0.0657. The Kier molecular flexibility index (Phi) is 4.85. The maximum absolute atomic E-state index is 6.25. The molecule has 106 valence electrons. The molecule has 1 atom stereocenters. The molecular weight excluding hydrogens is 260 g/mol. The number of ether oxygens (including phenoxy) is 1. The first-order chi connectivity index (χ1) is 8.99. The molecule has 0 bridgehead atoms. The predicted molar refractivity (Wildman–Crippen MR) is 79.5 cm³/mol. The van der Waals surface area contributed by atoms with Gasteiger partial charge in [-0.05, 0) is 38.0 Å². The molecule has 0 aromatic heterocycles. The largest absolute Gasteiger partial charge is 0.378 e. The second kappa shape index (κ2) is 6.23. The Morgan fingerprint density at radius 2 is 2.05 bits per heavy atom. The molecule has 1 heterocycles. The zero-order chi connectivity index (χ0) is 13.9. The summed E-state index contributed by atoms with van der Waals surface area (Å²) >= 11 is 5.89. The number of hydrogen-bond donors (Lipinski definition) is 1. The van der Waals surface area contributed by atoms with Gasteiger partial charge in [0.15, 0.2) is 0 Å². The minimum Gasteiger partial charge on any atom is -0.378 e.